The number of aryl methyl sites for hydroxylation is 1. The third kappa shape index (κ3) is 4.39. The molecule has 25 heavy (non-hydrogen) atoms. The zero-order valence-electron chi connectivity index (χ0n) is 15.1. The first-order chi connectivity index (χ1) is 12.0. The zero-order valence-corrected chi connectivity index (χ0v) is 15.1. The highest BCUT2D eigenvalue weighted by Gasteiger charge is 2.30. The van der Waals surface area contributed by atoms with Crippen molar-refractivity contribution in [2.45, 2.75) is 45.3 Å². The molecular weight excluding hydrogens is 316 g/mol. The maximum Gasteiger partial charge on any atom is 0.324 e. The van der Waals surface area contributed by atoms with Gasteiger partial charge in [-0.15, -0.1) is 0 Å². The van der Waals surface area contributed by atoms with Crippen molar-refractivity contribution in [2.24, 2.45) is 0 Å². The highest BCUT2D eigenvalue weighted by atomic mass is 16.5. The molecule has 6 nitrogen and oxygen atoms in total. The highest BCUT2D eigenvalue weighted by molar-refractivity contribution is 5.87. The van der Waals surface area contributed by atoms with E-state index in [1.54, 1.807) is 11.0 Å². The number of aromatic nitrogens is 1. The number of amides is 2. The third-order valence-electron chi connectivity index (χ3n) is 4.94. The number of carbonyl (C=O) groups is 1. The summed E-state index contributed by atoms with van der Waals surface area (Å²) in [6.45, 7) is 6.01. The molecule has 2 amide bonds. The largest absolute Gasteiger partial charge is 0.338 e. The van der Waals surface area contributed by atoms with Crippen LogP contribution in [0.5, 0.6) is 0 Å². The van der Waals surface area contributed by atoms with Gasteiger partial charge in [0, 0.05) is 38.3 Å². The normalized spacial score (nSPS) is 21.1. The number of benzene rings is 1. The van der Waals surface area contributed by atoms with Gasteiger partial charge in [0.25, 0.3) is 0 Å². The molecule has 2 aromatic rings. The van der Waals surface area contributed by atoms with Crippen LogP contribution < -0.4 is 5.32 Å². The Labute approximate surface area is 148 Å². The van der Waals surface area contributed by atoms with Crippen LogP contribution >= 0.6 is 0 Å². The van der Waals surface area contributed by atoms with Crippen molar-refractivity contribution < 1.29 is 9.32 Å². The van der Waals surface area contributed by atoms with Crippen LogP contribution in [0, 0.1) is 6.92 Å². The van der Waals surface area contributed by atoms with Gasteiger partial charge in [-0.3, -0.25) is 10.2 Å². The fourth-order valence-electron chi connectivity index (χ4n) is 3.38. The first-order valence-electron chi connectivity index (χ1n) is 8.78. The van der Waals surface area contributed by atoms with Gasteiger partial charge in [-0.1, -0.05) is 35.5 Å². The van der Waals surface area contributed by atoms with Gasteiger partial charge in [-0.25, -0.2) is 4.79 Å². The maximum atomic E-state index is 12.4. The second-order valence-electron chi connectivity index (χ2n) is 6.86. The average Bonchev–Trinajstić information content (AvgIpc) is 3.01. The smallest absolute Gasteiger partial charge is 0.324 e. The summed E-state index contributed by atoms with van der Waals surface area (Å²) >= 11 is 0. The van der Waals surface area contributed by atoms with Crippen LogP contribution in [0.1, 0.15) is 31.0 Å². The predicted molar refractivity (Wildman–Crippen MR) is 97.4 cm³/mol. The summed E-state index contributed by atoms with van der Waals surface area (Å²) in [5.41, 5.74) is 2.08. The van der Waals surface area contributed by atoms with Crippen LogP contribution in [0.2, 0.25) is 0 Å². The lowest BCUT2D eigenvalue weighted by Crippen LogP contribution is -2.50. The lowest BCUT2D eigenvalue weighted by molar-refractivity contribution is 0.0941. The SMILES string of the molecule is Cc1cc(NC(=O)N(C)C2CCN(Cc3ccccc3)C(C)C2)on1. The van der Waals surface area contributed by atoms with Gasteiger partial charge < -0.3 is 9.42 Å². The van der Waals surface area contributed by atoms with E-state index in [9.17, 15) is 4.79 Å². The van der Waals surface area contributed by atoms with Crippen LogP contribution in [0.4, 0.5) is 10.7 Å². The van der Waals surface area contributed by atoms with E-state index >= 15 is 0 Å². The maximum absolute atomic E-state index is 12.4. The summed E-state index contributed by atoms with van der Waals surface area (Å²) in [6.07, 6.45) is 1.93. The number of urea groups is 1. The fourth-order valence-corrected chi connectivity index (χ4v) is 3.38. The van der Waals surface area contributed by atoms with Crippen molar-refractivity contribution in [3.05, 3.63) is 47.7 Å². The Balaban J connectivity index is 1.53. The summed E-state index contributed by atoms with van der Waals surface area (Å²) in [6, 6.07) is 12.8. The third-order valence-corrected chi connectivity index (χ3v) is 4.94. The van der Waals surface area contributed by atoms with Gasteiger partial charge >= 0.3 is 6.03 Å². The molecule has 0 bridgehead atoms. The van der Waals surface area contributed by atoms with Gasteiger partial charge in [0.1, 0.15) is 0 Å². The molecule has 134 valence electrons. The molecule has 1 saturated heterocycles. The second-order valence-corrected chi connectivity index (χ2v) is 6.86. The predicted octanol–water partition coefficient (Wildman–Crippen LogP) is 3.50. The van der Waals surface area contributed by atoms with Gasteiger partial charge in [0.05, 0.1) is 5.69 Å². The minimum atomic E-state index is -0.148. The zero-order chi connectivity index (χ0) is 17.8. The summed E-state index contributed by atoms with van der Waals surface area (Å²) in [5, 5.41) is 6.56. The number of rotatable bonds is 4. The molecule has 2 unspecified atom stereocenters. The van der Waals surface area contributed by atoms with E-state index < -0.39 is 0 Å². The molecule has 0 radical (unpaired) electrons. The Morgan fingerprint density at radius 3 is 2.80 bits per heavy atom. The molecule has 1 aromatic carbocycles. The molecule has 1 aliphatic rings. The summed E-state index contributed by atoms with van der Waals surface area (Å²) < 4.78 is 5.06. The molecule has 1 aliphatic heterocycles. The van der Waals surface area contributed by atoms with Gasteiger partial charge in [-0.2, -0.15) is 0 Å². The van der Waals surface area contributed by atoms with Crippen molar-refractivity contribution in [1.29, 1.82) is 0 Å². The number of hydrogen-bond acceptors (Lipinski definition) is 4. The molecular formula is C19H26N4O2. The van der Waals surface area contributed by atoms with E-state index in [1.165, 1.54) is 5.56 Å². The first kappa shape index (κ1) is 17.5. The van der Waals surface area contributed by atoms with E-state index in [4.69, 9.17) is 4.52 Å². The lowest BCUT2D eigenvalue weighted by Gasteiger charge is -2.41. The number of nitrogens with zero attached hydrogens (tertiary/aromatic N) is 3. The van der Waals surface area contributed by atoms with Crippen molar-refractivity contribution >= 4 is 11.9 Å². The number of carbonyl (C=O) groups excluding carboxylic acids is 1. The highest BCUT2D eigenvalue weighted by Crippen LogP contribution is 2.23. The van der Waals surface area contributed by atoms with Crippen molar-refractivity contribution in [1.82, 2.24) is 15.0 Å². The first-order valence-corrected chi connectivity index (χ1v) is 8.78. The number of anilines is 1. The minimum absolute atomic E-state index is 0.148. The van der Waals surface area contributed by atoms with Gasteiger partial charge in [0.15, 0.2) is 0 Å². The van der Waals surface area contributed by atoms with Crippen LogP contribution in [-0.4, -0.2) is 46.7 Å². The molecule has 0 aliphatic carbocycles. The Morgan fingerprint density at radius 2 is 2.16 bits per heavy atom. The van der Waals surface area contributed by atoms with Gasteiger partial charge in [0.2, 0.25) is 5.88 Å². The number of piperidine rings is 1. The molecule has 1 N–H and O–H groups in total. The minimum Gasteiger partial charge on any atom is -0.338 e. The summed E-state index contributed by atoms with van der Waals surface area (Å²) in [7, 11) is 1.85. The van der Waals surface area contributed by atoms with Gasteiger partial charge in [-0.05, 0) is 32.3 Å². The molecule has 2 atom stereocenters. The lowest BCUT2D eigenvalue weighted by atomic mass is 9.96. The molecule has 2 heterocycles. The number of likely N-dealkylation sites (tertiary alicyclic amines) is 1. The molecule has 1 aromatic heterocycles. The molecule has 1 fully saturated rings. The second kappa shape index (κ2) is 7.70. The molecule has 6 heteroatoms. The van der Waals surface area contributed by atoms with Crippen LogP contribution in [0.15, 0.2) is 40.9 Å². The van der Waals surface area contributed by atoms with Crippen molar-refractivity contribution in [3.63, 3.8) is 0 Å². The monoisotopic (exact) mass is 342 g/mol. The van der Waals surface area contributed by atoms with E-state index in [-0.39, 0.29) is 12.1 Å². The van der Waals surface area contributed by atoms with Crippen molar-refractivity contribution in [2.75, 3.05) is 18.9 Å². The van der Waals surface area contributed by atoms with Crippen LogP contribution in [0.25, 0.3) is 0 Å². The van der Waals surface area contributed by atoms with E-state index in [0.29, 0.717) is 11.9 Å². The summed E-state index contributed by atoms with van der Waals surface area (Å²) in [5.74, 6) is 0.393. The summed E-state index contributed by atoms with van der Waals surface area (Å²) in [4.78, 5) is 16.7. The van der Waals surface area contributed by atoms with Crippen LogP contribution in [0.3, 0.4) is 0 Å². The molecule has 0 saturated carbocycles. The van der Waals surface area contributed by atoms with E-state index in [1.807, 2.05) is 20.0 Å². The molecule has 0 spiro atoms. The number of nitrogens with one attached hydrogen (secondary N) is 1. The fraction of sp³-hybridized carbons (Fsp3) is 0.474. The van der Waals surface area contributed by atoms with E-state index in [2.05, 4.69) is 46.6 Å². The Bertz CT molecular complexity index is 700. The Hall–Kier alpha value is -2.34. The Morgan fingerprint density at radius 1 is 1.40 bits per heavy atom. The quantitative estimate of drug-likeness (QED) is 0.924. The number of hydrogen-bond donors (Lipinski definition) is 1. The van der Waals surface area contributed by atoms with E-state index in [0.717, 1.165) is 31.6 Å². The standard InChI is InChI=1S/C19H26N4O2/c1-14-11-18(25-21-14)20-19(24)22(3)17-9-10-23(15(2)12-17)13-16-7-5-4-6-8-16/h4-8,11,15,17H,9-10,12-13H2,1-3H3,(H,20,24). The topological polar surface area (TPSA) is 61.6 Å². The Kier molecular flexibility index (Phi) is 5.38. The average molecular weight is 342 g/mol. The van der Waals surface area contributed by atoms with Crippen LogP contribution in [-0.2, 0) is 6.54 Å². The van der Waals surface area contributed by atoms with Crippen molar-refractivity contribution in [3.8, 4) is 0 Å². The molecule has 3 rings (SSSR count).